The number of amides is 1. The molecule has 6 nitrogen and oxygen atoms in total. The number of nitrogens with zero attached hydrogens (tertiary/aromatic N) is 3. The van der Waals surface area contributed by atoms with Gasteiger partial charge in [0, 0.05) is 35.9 Å². The van der Waals surface area contributed by atoms with E-state index in [2.05, 4.69) is 25.4 Å². The van der Waals surface area contributed by atoms with Crippen molar-refractivity contribution in [2.75, 3.05) is 13.1 Å². The van der Waals surface area contributed by atoms with Crippen LogP contribution in [-0.4, -0.2) is 39.6 Å². The van der Waals surface area contributed by atoms with Crippen LogP contribution in [0, 0.1) is 0 Å². The number of hydrazone groups is 1. The molecule has 0 spiro atoms. The summed E-state index contributed by atoms with van der Waals surface area (Å²) in [6, 6.07) is 3.80. The van der Waals surface area contributed by atoms with Crippen molar-refractivity contribution in [1.82, 2.24) is 20.3 Å². The fraction of sp³-hybridized carbons (Fsp3) is 0.409. The van der Waals surface area contributed by atoms with Crippen molar-refractivity contribution < 1.29 is 4.79 Å². The van der Waals surface area contributed by atoms with E-state index in [0.29, 0.717) is 11.3 Å². The van der Waals surface area contributed by atoms with Crippen LogP contribution in [0.1, 0.15) is 53.8 Å². The van der Waals surface area contributed by atoms with Crippen LogP contribution in [-0.2, 0) is 24.2 Å². The van der Waals surface area contributed by atoms with E-state index in [1.807, 2.05) is 18.2 Å². The average Bonchev–Trinajstić information content (AvgIpc) is 3.45. The number of pyridine rings is 1. The lowest BCUT2D eigenvalue weighted by Crippen LogP contribution is -2.20. The summed E-state index contributed by atoms with van der Waals surface area (Å²) < 4.78 is 0. The third-order valence-corrected chi connectivity index (χ3v) is 6.02. The monoisotopic (exact) mass is 375 g/mol. The Morgan fingerprint density at radius 2 is 2.00 bits per heavy atom. The van der Waals surface area contributed by atoms with Gasteiger partial charge in [0.25, 0.3) is 5.91 Å². The topological polar surface area (TPSA) is 73.4 Å². The van der Waals surface area contributed by atoms with Gasteiger partial charge in [0.15, 0.2) is 0 Å². The highest BCUT2D eigenvalue weighted by atomic mass is 16.2. The van der Waals surface area contributed by atoms with Crippen LogP contribution in [0.3, 0.4) is 0 Å². The second kappa shape index (κ2) is 7.36. The third kappa shape index (κ3) is 3.18. The van der Waals surface area contributed by atoms with Crippen LogP contribution in [0.25, 0.3) is 6.08 Å². The molecule has 4 heterocycles. The number of aryl methyl sites for hydroxylation is 1. The Morgan fingerprint density at radius 3 is 2.82 bits per heavy atom. The van der Waals surface area contributed by atoms with Crippen molar-refractivity contribution in [2.24, 2.45) is 5.10 Å². The summed E-state index contributed by atoms with van der Waals surface area (Å²) >= 11 is 0. The van der Waals surface area contributed by atoms with E-state index < -0.39 is 0 Å². The molecule has 2 N–H and O–H groups in total. The molecule has 0 saturated carbocycles. The Hall–Kier alpha value is -2.73. The zero-order chi connectivity index (χ0) is 18.9. The predicted molar refractivity (Wildman–Crippen MR) is 109 cm³/mol. The number of aromatic amines is 1. The van der Waals surface area contributed by atoms with Gasteiger partial charge in [-0.05, 0) is 81.0 Å². The number of likely N-dealkylation sites (tertiary alicyclic amines) is 1. The highest BCUT2D eigenvalue weighted by Gasteiger charge is 2.27. The summed E-state index contributed by atoms with van der Waals surface area (Å²) in [6.07, 6.45) is 12.7. The Bertz CT molecular complexity index is 951. The van der Waals surface area contributed by atoms with E-state index in [0.717, 1.165) is 30.6 Å². The van der Waals surface area contributed by atoms with Crippen LogP contribution >= 0.6 is 0 Å². The predicted octanol–water partition coefficient (Wildman–Crippen LogP) is 2.80. The first-order valence-corrected chi connectivity index (χ1v) is 10.2. The number of aromatic nitrogens is 2. The fourth-order valence-corrected chi connectivity index (χ4v) is 4.58. The molecule has 2 aromatic rings. The summed E-state index contributed by atoms with van der Waals surface area (Å²) in [5, 5.41) is 4.26. The van der Waals surface area contributed by atoms with Gasteiger partial charge < -0.3 is 4.98 Å². The van der Waals surface area contributed by atoms with Gasteiger partial charge in [-0.25, -0.2) is 5.43 Å². The number of carbonyl (C=O) groups is 1. The molecule has 0 radical (unpaired) electrons. The van der Waals surface area contributed by atoms with E-state index in [-0.39, 0.29) is 5.91 Å². The van der Waals surface area contributed by atoms with E-state index in [1.54, 1.807) is 12.4 Å². The summed E-state index contributed by atoms with van der Waals surface area (Å²) in [5.41, 5.74) is 10.0. The zero-order valence-corrected chi connectivity index (χ0v) is 16.0. The molecule has 0 unspecified atom stereocenters. The summed E-state index contributed by atoms with van der Waals surface area (Å²) in [5.74, 6) is -0.154. The van der Waals surface area contributed by atoms with Crippen molar-refractivity contribution in [3.8, 4) is 0 Å². The van der Waals surface area contributed by atoms with Gasteiger partial charge in [0.05, 0.1) is 5.57 Å². The minimum absolute atomic E-state index is 0.154. The number of hydrogen-bond donors (Lipinski definition) is 2. The maximum absolute atomic E-state index is 12.5. The Morgan fingerprint density at radius 1 is 1.14 bits per heavy atom. The van der Waals surface area contributed by atoms with Gasteiger partial charge in [-0.1, -0.05) is 0 Å². The molecular formula is C22H25N5O. The Kier molecular flexibility index (Phi) is 4.56. The number of hydrogen-bond acceptors (Lipinski definition) is 4. The molecule has 2 aromatic heterocycles. The lowest BCUT2D eigenvalue weighted by molar-refractivity contribution is -0.116. The smallest absolute Gasteiger partial charge is 0.273 e. The minimum Gasteiger partial charge on any atom is -0.358 e. The lowest BCUT2D eigenvalue weighted by Gasteiger charge is -2.18. The molecule has 1 fully saturated rings. The molecule has 0 atom stereocenters. The number of carbonyl (C=O) groups excluding carboxylic acids is 1. The maximum atomic E-state index is 12.5. The summed E-state index contributed by atoms with van der Waals surface area (Å²) in [7, 11) is 0. The Balaban J connectivity index is 1.55. The third-order valence-electron chi connectivity index (χ3n) is 6.02. The summed E-state index contributed by atoms with van der Waals surface area (Å²) in [6.45, 7) is 3.30. The van der Waals surface area contributed by atoms with Crippen LogP contribution < -0.4 is 5.43 Å². The highest BCUT2D eigenvalue weighted by Crippen LogP contribution is 2.31. The van der Waals surface area contributed by atoms with Gasteiger partial charge in [-0.15, -0.1) is 0 Å². The van der Waals surface area contributed by atoms with Crippen LogP contribution in [0.15, 0.2) is 35.2 Å². The van der Waals surface area contributed by atoms with Crippen LogP contribution in [0.5, 0.6) is 0 Å². The van der Waals surface area contributed by atoms with Crippen LogP contribution in [0.4, 0.5) is 0 Å². The molecular weight excluding hydrogens is 350 g/mol. The Labute approximate surface area is 164 Å². The van der Waals surface area contributed by atoms with E-state index in [4.69, 9.17) is 0 Å². The number of nitrogens with one attached hydrogen (secondary N) is 2. The van der Waals surface area contributed by atoms with Gasteiger partial charge in [-0.2, -0.15) is 5.10 Å². The zero-order valence-electron chi connectivity index (χ0n) is 16.0. The van der Waals surface area contributed by atoms with Gasteiger partial charge >= 0.3 is 0 Å². The first-order valence-electron chi connectivity index (χ1n) is 10.2. The quantitative estimate of drug-likeness (QED) is 0.807. The first-order chi connectivity index (χ1) is 13.8. The average molecular weight is 375 g/mol. The van der Waals surface area contributed by atoms with Crippen LogP contribution in [0.2, 0.25) is 0 Å². The molecule has 3 aliphatic rings. The SMILES string of the molecule is O=C1NN=C(c2cccnc2)C1=Cc1[nH]c2c(c1CN1CCCC1)CCCC2. The second-order valence-corrected chi connectivity index (χ2v) is 7.87. The highest BCUT2D eigenvalue weighted by molar-refractivity contribution is 6.33. The largest absolute Gasteiger partial charge is 0.358 e. The molecule has 5 rings (SSSR count). The van der Waals surface area contributed by atoms with Gasteiger partial charge in [0.1, 0.15) is 5.71 Å². The molecule has 144 valence electrons. The lowest BCUT2D eigenvalue weighted by atomic mass is 9.93. The molecule has 0 bridgehead atoms. The van der Waals surface area contributed by atoms with Gasteiger partial charge in [-0.3, -0.25) is 14.7 Å². The van der Waals surface area contributed by atoms with Crippen molar-refractivity contribution in [1.29, 1.82) is 0 Å². The van der Waals surface area contributed by atoms with Crippen molar-refractivity contribution in [2.45, 2.75) is 45.1 Å². The molecule has 1 aliphatic carbocycles. The standard InChI is InChI=1S/C22H25N5O/c28-22-17(21(25-26-22)15-6-5-9-23-13-15)12-20-18(14-27-10-3-4-11-27)16-7-1-2-8-19(16)24-20/h5-6,9,12-13,24H,1-4,7-8,10-11,14H2,(H,26,28). The van der Waals surface area contributed by atoms with Crippen molar-refractivity contribution in [3.63, 3.8) is 0 Å². The minimum atomic E-state index is -0.154. The molecule has 6 heteroatoms. The first kappa shape index (κ1) is 17.4. The maximum Gasteiger partial charge on any atom is 0.273 e. The summed E-state index contributed by atoms with van der Waals surface area (Å²) in [4.78, 5) is 22.9. The van der Waals surface area contributed by atoms with Gasteiger partial charge in [0.2, 0.25) is 0 Å². The number of rotatable bonds is 4. The normalized spacial score (nSPS) is 21.1. The van der Waals surface area contributed by atoms with Crippen molar-refractivity contribution >= 4 is 17.7 Å². The van der Waals surface area contributed by atoms with E-state index in [9.17, 15) is 4.79 Å². The van der Waals surface area contributed by atoms with Crippen molar-refractivity contribution in [3.05, 3.63) is 58.2 Å². The molecule has 2 aliphatic heterocycles. The van der Waals surface area contributed by atoms with E-state index >= 15 is 0 Å². The fourth-order valence-electron chi connectivity index (χ4n) is 4.58. The molecule has 1 amide bonds. The van der Waals surface area contributed by atoms with E-state index in [1.165, 1.54) is 55.6 Å². The molecule has 0 aromatic carbocycles. The number of fused-ring (bicyclic) bond motifs is 1. The molecule has 1 saturated heterocycles. The molecule has 28 heavy (non-hydrogen) atoms. The second-order valence-electron chi connectivity index (χ2n) is 7.87. The number of H-pyrrole nitrogens is 1.